The number of thiophene rings is 1. The molecule has 3 aromatic rings. The largest absolute Gasteiger partial charge is 0.477 e. The minimum Gasteiger partial charge on any atom is -0.477 e. The second-order valence-electron chi connectivity index (χ2n) is 5.35. The van der Waals surface area contributed by atoms with Crippen molar-refractivity contribution in [1.29, 1.82) is 0 Å². The van der Waals surface area contributed by atoms with Crippen molar-refractivity contribution in [3.05, 3.63) is 52.2 Å². The molecule has 7 nitrogen and oxygen atoms in total. The predicted molar refractivity (Wildman–Crippen MR) is 94.1 cm³/mol. The fourth-order valence-electron chi connectivity index (χ4n) is 2.40. The molecule has 0 spiro atoms. The number of hydrogen-bond donors (Lipinski definition) is 2. The molecule has 8 heteroatoms. The topological polar surface area (TPSA) is 101 Å². The lowest BCUT2D eigenvalue weighted by Gasteiger charge is -2.08. The number of aryl methyl sites for hydroxylation is 2. The van der Waals surface area contributed by atoms with Gasteiger partial charge in [-0.2, -0.15) is 0 Å². The van der Waals surface area contributed by atoms with Gasteiger partial charge in [0.15, 0.2) is 0 Å². The second-order valence-corrected chi connectivity index (χ2v) is 6.35. The molecule has 0 saturated heterocycles. The van der Waals surface area contributed by atoms with Gasteiger partial charge < -0.3 is 9.84 Å². The number of carbonyl (C=O) groups excluding carboxylic acids is 1. The number of carbonyl (C=O) groups is 2. The third kappa shape index (κ3) is 3.58. The highest BCUT2D eigenvalue weighted by Gasteiger charge is 2.20. The predicted octanol–water partition coefficient (Wildman–Crippen LogP) is 3.76. The number of benzene rings is 1. The number of fused-ring (bicyclic) bond motifs is 1. The number of nitrogens with one attached hydrogen (secondary N) is 1. The van der Waals surface area contributed by atoms with Crippen LogP contribution in [0.25, 0.3) is 10.2 Å². The summed E-state index contributed by atoms with van der Waals surface area (Å²) < 4.78 is 5.19. The van der Waals surface area contributed by atoms with Gasteiger partial charge in [-0.15, -0.1) is 11.3 Å². The van der Waals surface area contributed by atoms with Gasteiger partial charge in [0.25, 0.3) is 0 Å². The van der Waals surface area contributed by atoms with Crippen molar-refractivity contribution >= 4 is 39.4 Å². The third-order valence-electron chi connectivity index (χ3n) is 3.53. The van der Waals surface area contributed by atoms with Gasteiger partial charge in [0, 0.05) is 0 Å². The number of anilines is 1. The van der Waals surface area contributed by atoms with E-state index in [1.54, 1.807) is 13.8 Å². The molecule has 2 aromatic heterocycles. The number of amides is 1. The first-order chi connectivity index (χ1) is 12.0. The Labute approximate surface area is 147 Å². The maximum Gasteiger partial charge on any atom is 0.413 e. The van der Waals surface area contributed by atoms with Crippen LogP contribution in [0.5, 0.6) is 0 Å². The van der Waals surface area contributed by atoms with E-state index in [2.05, 4.69) is 15.3 Å². The van der Waals surface area contributed by atoms with E-state index in [1.807, 2.05) is 30.3 Å². The van der Waals surface area contributed by atoms with Crippen LogP contribution in [0.15, 0.2) is 30.3 Å². The zero-order chi connectivity index (χ0) is 18.0. The van der Waals surface area contributed by atoms with Gasteiger partial charge in [-0.3, -0.25) is 5.32 Å². The number of ether oxygens (including phenoxy) is 1. The van der Waals surface area contributed by atoms with Gasteiger partial charge in [-0.1, -0.05) is 30.3 Å². The summed E-state index contributed by atoms with van der Waals surface area (Å²) in [5.41, 5.74) is 1.38. The van der Waals surface area contributed by atoms with Gasteiger partial charge >= 0.3 is 12.1 Å². The van der Waals surface area contributed by atoms with Crippen molar-refractivity contribution in [1.82, 2.24) is 9.97 Å². The van der Waals surface area contributed by atoms with Crippen LogP contribution in [0.4, 0.5) is 10.6 Å². The lowest BCUT2D eigenvalue weighted by atomic mass is 10.2. The summed E-state index contributed by atoms with van der Waals surface area (Å²) in [6.45, 7) is 3.47. The number of aromatic nitrogens is 2. The highest BCUT2D eigenvalue weighted by molar-refractivity contribution is 7.20. The Morgan fingerprint density at radius 1 is 1.20 bits per heavy atom. The average Bonchev–Trinajstić information content (AvgIpc) is 2.91. The van der Waals surface area contributed by atoms with Crippen LogP contribution in [0.2, 0.25) is 0 Å². The first kappa shape index (κ1) is 16.8. The molecule has 0 aliphatic carbocycles. The molecule has 0 unspecified atom stereocenters. The molecule has 3 rings (SSSR count). The van der Waals surface area contributed by atoms with Gasteiger partial charge in [0.1, 0.15) is 28.0 Å². The number of rotatable bonds is 4. The maximum atomic E-state index is 12.1. The third-order valence-corrected chi connectivity index (χ3v) is 4.70. The lowest BCUT2D eigenvalue weighted by Crippen LogP contribution is -2.15. The molecule has 0 fully saturated rings. The van der Waals surface area contributed by atoms with Crippen LogP contribution in [0.3, 0.4) is 0 Å². The maximum absolute atomic E-state index is 12.1. The van der Waals surface area contributed by atoms with Gasteiger partial charge in [0.05, 0.1) is 5.39 Å². The molecular weight excluding hydrogens is 342 g/mol. The Hall–Kier alpha value is -3.00. The Kier molecular flexibility index (Phi) is 4.62. The van der Waals surface area contributed by atoms with E-state index >= 15 is 0 Å². The summed E-state index contributed by atoms with van der Waals surface area (Å²) in [4.78, 5) is 32.6. The van der Waals surface area contributed by atoms with Crippen molar-refractivity contribution in [2.24, 2.45) is 0 Å². The number of carboxylic acid groups (broad SMARTS) is 1. The summed E-state index contributed by atoms with van der Waals surface area (Å²) in [5.74, 6) is -0.346. The molecule has 128 valence electrons. The van der Waals surface area contributed by atoms with E-state index in [0.717, 1.165) is 16.9 Å². The summed E-state index contributed by atoms with van der Waals surface area (Å²) in [5, 5.41) is 12.4. The van der Waals surface area contributed by atoms with Crippen LogP contribution < -0.4 is 5.32 Å². The Morgan fingerprint density at radius 3 is 2.60 bits per heavy atom. The highest BCUT2D eigenvalue weighted by atomic mass is 32.1. The number of hydrogen-bond acceptors (Lipinski definition) is 6. The van der Waals surface area contributed by atoms with E-state index < -0.39 is 12.1 Å². The number of nitrogens with zero attached hydrogens (tertiary/aromatic N) is 2. The SMILES string of the molecule is Cc1nc(NC(=O)OCc2ccccc2)c2c(C)c(C(=O)O)sc2n1. The Bertz CT molecular complexity index is 953. The smallest absolute Gasteiger partial charge is 0.413 e. The normalized spacial score (nSPS) is 10.6. The van der Waals surface area contributed by atoms with E-state index in [0.29, 0.717) is 21.6 Å². The summed E-state index contributed by atoms with van der Waals surface area (Å²) in [7, 11) is 0. The first-order valence-electron chi connectivity index (χ1n) is 7.44. The van der Waals surface area contributed by atoms with E-state index in [4.69, 9.17) is 4.74 Å². The molecule has 25 heavy (non-hydrogen) atoms. The Morgan fingerprint density at radius 2 is 1.92 bits per heavy atom. The molecule has 0 bridgehead atoms. The quantitative estimate of drug-likeness (QED) is 0.737. The molecule has 1 aromatic carbocycles. The number of aromatic carboxylic acids is 1. The van der Waals surface area contributed by atoms with Gasteiger partial charge in [0.2, 0.25) is 0 Å². The van der Waals surface area contributed by atoms with Crippen molar-refractivity contribution in [2.75, 3.05) is 5.32 Å². The van der Waals surface area contributed by atoms with Gasteiger partial charge in [-0.05, 0) is 25.0 Å². The summed E-state index contributed by atoms with van der Waals surface area (Å²) in [6, 6.07) is 9.29. The second kappa shape index (κ2) is 6.86. The minimum atomic E-state index is -1.03. The van der Waals surface area contributed by atoms with Crippen LogP contribution >= 0.6 is 11.3 Å². The molecule has 1 amide bonds. The minimum absolute atomic E-state index is 0.128. The monoisotopic (exact) mass is 357 g/mol. The standard InChI is InChI=1S/C17H15N3O4S/c1-9-12-14(18-10(2)19-15(12)25-13(9)16(21)22)20-17(23)24-8-11-6-4-3-5-7-11/h3-7H,8H2,1-2H3,(H,21,22)(H,18,19,20,23). The highest BCUT2D eigenvalue weighted by Crippen LogP contribution is 2.33. The summed E-state index contributed by atoms with van der Waals surface area (Å²) >= 11 is 1.05. The van der Waals surface area contributed by atoms with Crippen LogP contribution in [0, 0.1) is 13.8 Å². The molecule has 2 heterocycles. The van der Waals surface area contributed by atoms with E-state index in [-0.39, 0.29) is 17.3 Å². The molecule has 2 N–H and O–H groups in total. The first-order valence-corrected chi connectivity index (χ1v) is 8.26. The van der Waals surface area contributed by atoms with Crippen molar-refractivity contribution in [2.45, 2.75) is 20.5 Å². The molecule has 0 saturated carbocycles. The van der Waals surface area contributed by atoms with Crippen LogP contribution in [0.1, 0.15) is 26.6 Å². The van der Waals surface area contributed by atoms with E-state index in [1.165, 1.54) is 0 Å². The fraction of sp³-hybridized carbons (Fsp3) is 0.176. The molecular formula is C17H15N3O4S. The van der Waals surface area contributed by atoms with E-state index in [9.17, 15) is 14.7 Å². The van der Waals surface area contributed by atoms with Crippen LogP contribution in [-0.4, -0.2) is 27.1 Å². The molecule has 0 atom stereocenters. The molecule has 0 radical (unpaired) electrons. The number of carboxylic acids is 1. The average molecular weight is 357 g/mol. The van der Waals surface area contributed by atoms with Crippen LogP contribution in [-0.2, 0) is 11.3 Å². The lowest BCUT2D eigenvalue weighted by molar-refractivity contribution is 0.0701. The zero-order valence-corrected chi connectivity index (χ0v) is 14.4. The molecule has 0 aliphatic rings. The van der Waals surface area contributed by atoms with Gasteiger partial charge in [-0.25, -0.2) is 19.6 Å². The molecule has 0 aliphatic heterocycles. The summed E-state index contributed by atoms with van der Waals surface area (Å²) in [6.07, 6.45) is -0.661. The van der Waals surface area contributed by atoms with Crippen molar-refractivity contribution < 1.29 is 19.4 Å². The Balaban J connectivity index is 1.85. The van der Waals surface area contributed by atoms with Crippen molar-refractivity contribution in [3.8, 4) is 0 Å². The fourth-order valence-corrected chi connectivity index (χ4v) is 3.46. The zero-order valence-electron chi connectivity index (χ0n) is 13.6. The van der Waals surface area contributed by atoms with Crippen molar-refractivity contribution in [3.63, 3.8) is 0 Å².